The van der Waals surface area contributed by atoms with Gasteiger partial charge in [-0.25, -0.2) is 13.6 Å². The summed E-state index contributed by atoms with van der Waals surface area (Å²) in [7, 11) is -4.09. The normalized spacial score (nSPS) is 20.5. The molecule has 3 rings (SSSR count). The summed E-state index contributed by atoms with van der Waals surface area (Å²) < 4.78 is 23.6. The van der Waals surface area contributed by atoms with Crippen molar-refractivity contribution in [2.45, 2.75) is 11.2 Å². The number of primary amides is 1. The van der Waals surface area contributed by atoms with Crippen LogP contribution >= 0.6 is 0 Å². The van der Waals surface area contributed by atoms with Crippen molar-refractivity contribution >= 4 is 21.5 Å². The molecule has 0 radical (unpaired) electrons. The highest BCUT2D eigenvalue weighted by Gasteiger charge is 2.45. The molecule has 1 aromatic carbocycles. The van der Waals surface area contributed by atoms with Gasteiger partial charge in [-0.1, -0.05) is 30.3 Å². The molecule has 128 valence electrons. The number of aromatic nitrogens is 1. The van der Waals surface area contributed by atoms with Crippen LogP contribution < -0.4 is 10.9 Å². The maximum Gasteiger partial charge on any atom is 0.244 e. The number of sulfonamides is 1. The Morgan fingerprint density at radius 2 is 1.72 bits per heavy atom. The summed E-state index contributed by atoms with van der Waals surface area (Å²) in [5.74, 6) is -0.677. The summed E-state index contributed by atoms with van der Waals surface area (Å²) in [4.78, 5) is 15.8. The molecule has 4 N–H and O–H groups in total. The number of hydrogen-bond acceptors (Lipinski definition) is 4. The largest absolute Gasteiger partial charge is 0.366 e. The van der Waals surface area contributed by atoms with Gasteiger partial charge in [0.05, 0.1) is 0 Å². The number of benzene rings is 1. The second-order valence-corrected chi connectivity index (χ2v) is 7.67. The lowest BCUT2D eigenvalue weighted by molar-refractivity contribution is -0.114. The quantitative estimate of drug-likeness (QED) is 0.863. The number of hydrogen-bond donors (Lipinski definition) is 2. The molecule has 1 aliphatic rings. The summed E-state index contributed by atoms with van der Waals surface area (Å²) in [6.45, 7) is 0. The summed E-state index contributed by atoms with van der Waals surface area (Å²) in [5, 5.41) is 5.62. The Kier molecular flexibility index (Phi) is 4.28. The minimum absolute atomic E-state index is 0.111. The maximum atomic E-state index is 12.6. The number of primary sulfonamides is 1. The minimum Gasteiger partial charge on any atom is -0.366 e. The minimum atomic E-state index is -4.09. The van der Waals surface area contributed by atoms with Crippen LogP contribution in [0.4, 0.5) is 0 Å². The van der Waals surface area contributed by atoms with Crippen LogP contribution in [0.25, 0.3) is 5.57 Å². The van der Waals surface area contributed by atoms with Gasteiger partial charge in [-0.15, -0.1) is 0 Å². The smallest absolute Gasteiger partial charge is 0.244 e. The Balaban J connectivity index is 2.30. The standard InChI is InChI=1S/C18H17N3O3S/c19-17(22)15-10-14(13-6-8-21-9-7-13)11-18(12-15,25(20,23)24)16-4-2-1-3-5-16/h1-11H,12H2,(H2,19,22)(H2,20,23,24). The lowest BCUT2D eigenvalue weighted by atomic mass is 9.82. The number of carbonyl (C=O) groups is 1. The van der Waals surface area contributed by atoms with Crippen molar-refractivity contribution in [2.75, 3.05) is 0 Å². The molecular formula is C18H17N3O3S. The van der Waals surface area contributed by atoms with Crippen LogP contribution in [0.1, 0.15) is 17.5 Å². The van der Waals surface area contributed by atoms with Gasteiger partial charge in [-0.2, -0.15) is 0 Å². The Bertz CT molecular complexity index is 967. The Morgan fingerprint density at radius 3 is 2.28 bits per heavy atom. The van der Waals surface area contributed by atoms with Crippen LogP contribution in [0.15, 0.2) is 72.6 Å². The maximum absolute atomic E-state index is 12.6. The number of pyridine rings is 1. The number of carbonyl (C=O) groups excluding carboxylic acids is 1. The third-order valence-corrected chi connectivity index (χ3v) is 5.79. The first-order valence-corrected chi connectivity index (χ1v) is 9.10. The Morgan fingerprint density at radius 1 is 1.08 bits per heavy atom. The fraction of sp³-hybridized carbons (Fsp3) is 0.111. The van der Waals surface area contributed by atoms with Gasteiger partial charge in [0.25, 0.3) is 0 Å². The summed E-state index contributed by atoms with van der Waals surface area (Å²) >= 11 is 0. The predicted octanol–water partition coefficient (Wildman–Crippen LogP) is 1.46. The monoisotopic (exact) mass is 355 g/mol. The average molecular weight is 355 g/mol. The molecule has 0 fully saturated rings. The van der Waals surface area contributed by atoms with Crippen LogP contribution in [0, 0.1) is 0 Å². The predicted molar refractivity (Wildman–Crippen MR) is 95.3 cm³/mol. The van der Waals surface area contributed by atoms with Gasteiger partial charge >= 0.3 is 0 Å². The molecule has 1 aromatic heterocycles. The Hall–Kier alpha value is -2.77. The summed E-state index contributed by atoms with van der Waals surface area (Å²) in [5.41, 5.74) is 7.43. The molecule has 0 saturated heterocycles. The molecule has 1 amide bonds. The van der Waals surface area contributed by atoms with E-state index in [2.05, 4.69) is 4.98 Å². The fourth-order valence-electron chi connectivity index (χ4n) is 2.99. The SMILES string of the molecule is NC(=O)C1=CC(c2ccncc2)=CC(c2ccccc2)(S(N)(=O)=O)C1. The van der Waals surface area contributed by atoms with Gasteiger partial charge in [0.1, 0.15) is 4.75 Å². The first kappa shape index (κ1) is 17.1. The van der Waals surface area contributed by atoms with Crippen molar-refractivity contribution in [1.29, 1.82) is 0 Å². The molecule has 1 aliphatic carbocycles. The highest BCUT2D eigenvalue weighted by Crippen LogP contribution is 2.43. The zero-order valence-corrected chi connectivity index (χ0v) is 14.1. The number of nitrogens with zero attached hydrogens (tertiary/aromatic N) is 1. The van der Waals surface area contributed by atoms with Crippen molar-refractivity contribution in [3.63, 3.8) is 0 Å². The number of amides is 1. The van der Waals surface area contributed by atoms with Gasteiger partial charge in [-0.3, -0.25) is 9.78 Å². The molecule has 7 heteroatoms. The molecule has 0 aliphatic heterocycles. The third-order valence-electron chi connectivity index (χ3n) is 4.27. The van der Waals surface area contributed by atoms with E-state index in [1.54, 1.807) is 67.0 Å². The lowest BCUT2D eigenvalue weighted by Gasteiger charge is -2.33. The van der Waals surface area contributed by atoms with E-state index in [9.17, 15) is 13.2 Å². The molecule has 0 saturated carbocycles. The van der Waals surface area contributed by atoms with Crippen molar-refractivity contribution in [2.24, 2.45) is 10.9 Å². The molecule has 25 heavy (non-hydrogen) atoms. The van der Waals surface area contributed by atoms with E-state index in [1.165, 1.54) is 0 Å². The van der Waals surface area contributed by atoms with Crippen molar-refractivity contribution in [3.8, 4) is 0 Å². The third kappa shape index (κ3) is 3.11. The van der Waals surface area contributed by atoms with Gasteiger partial charge < -0.3 is 5.73 Å². The van der Waals surface area contributed by atoms with E-state index in [0.29, 0.717) is 11.1 Å². The van der Waals surface area contributed by atoms with Crippen molar-refractivity contribution in [1.82, 2.24) is 4.98 Å². The molecule has 1 unspecified atom stereocenters. The molecule has 6 nitrogen and oxygen atoms in total. The highest BCUT2D eigenvalue weighted by atomic mass is 32.2. The van der Waals surface area contributed by atoms with Crippen LogP contribution in [-0.2, 0) is 19.6 Å². The van der Waals surface area contributed by atoms with Crippen LogP contribution in [0.5, 0.6) is 0 Å². The first-order chi connectivity index (χ1) is 11.8. The van der Waals surface area contributed by atoms with E-state index in [4.69, 9.17) is 10.9 Å². The van der Waals surface area contributed by atoms with Gasteiger partial charge in [-0.05, 0) is 41.0 Å². The topological polar surface area (TPSA) is 116 Å². The van der Waals surface area contributed by atoms with Gasteiger partial charge in [0, 0.05) is 24.4 Å². The van der Waals surface area contributed by atoms with E-state index in [0.717, 1.165) is 5.56 Å². The van der Waals surface area contributed by atoms with E-state index >= 15 is 0 Å². The lowest BCUT2D eigenvalue weighted by Crippen LogP contribution is -2.42. The molecular weight excluding hydrogens is 338 g/mol. The molecule has 0 bridgehead atoms. The van der Waals surface area contributed by atoms with Crippen LogP contribution in [0.2, 0.25) is 0 Å². The van der Waals surface area contributed by atoms with E-state index in [-0.39, 0.29) is 12.0 Å². The van der Waals surface area contributed by atoms with Crippen molar-refractivity contribution < 1.29 is 13.2 Å². The molecule has 1 heterocycles. The zero-order valence-electron chi connectivity index (χ0n) is 13.3. The number of rotatable bonds is 4. The fourth-order valence-corrected chi connectivity index (χ4v) is 4.10. The van der Waals surface area contributed by atoms with Gasteiger partial charge in [0.15, 0.2) is 0 Å². The molecule has 0 spiro atoms. The van der Waals surface area contributed by atoms with Crippen molar-refractivity contribution in [3.05, 3.63) is 83.7 Å². The Labute approximate surface area is 145 Å². The van der Waals surface area contributed by atoms with Gasteiger partial charge in [0.2, 0.25) is 15.9 Å². The second kappa shape index (κ2) is 6.27. The first-order valence-electron chi connectivity index (χ1n) is 7.55. The summed E-state index contributed by atoms with van der Waals surface area (Å²) in [6, 6.07) is 12.0. The van der Waals surface area contributed by atoms with Crippen LogP contribution in [-0.4, -0.2) is 19.3 Å². The average Bonchev–Trinajstić information content (AvgIpc) is 2.62. The zero-order chi connectivity index (χ0) is 18.1. The van der Waals surface area contributed by atoms with E-state index in [1.807, 2.05) is 0 Å². The summed E-state index contributed by atoms with van der Waals surface area (Å²) in [6.07, 6.45) is 6.25. The molecule has 2 aromatic rings. The van der Waals surface area contributed by atoms with Crippen LogP contribution in [0.3, 0.4) is 0 Å². The molecule has 1 atom stereocenters. The number of nitrogens with two attached hydrogens (primary N) is 2. The number of allylic oxidation sites excluding steroid dienone is 2. The highest BCUT2D eigenvalue weighted by molar-refractivity contribution is 7.90. The van der Waals surface area contributed by atoms with E-state index < -0.39 is 20.7 Å². The second-order valence-electron chi connectivity index (χ2n) is 5.85.